The third-order valence-corrected chi connectivity index (χ3v) is 3.01. The van der Waals surface area contributed by atoms with Crippen LogP contribution in [0.4, 0.5) is 8.78 Å². The molecule has 19 heavy (non-hydrogen) atoms. The van der Waals surface area contributed by atoms with Gasteiger partial charge in [0.05, 0.1) is 0 Å². The lowest BCUT2D eigenvalue weighted by Crippen LogP contribution is -2.22. The summed E-state index contributed by atoms with van der Waals surface area (Å²) in [7, 11) is 1.55. The number of rotatable bonds is 1. The highest BCUT2D eigenvalue weighted by molar-refractivity contribution is 5.70. The van der Waals surface area contributed by atoms with Crippen LogP contribution in [0.25, 0.3) is 11.1 Å². The number of hydrogen-bond donors (Lipinski definition) is 0. The lowest BCUT2D eigenvalue weighted by molar-refractivity contribution is 0.509. The molecule has 0 N–H and O–H groups in total. The quantitative estimate of drug-likeness (QED) is 0.790. The Bertz CT molecular complexity index is 757. The molecule has 96 valence electrons. The minimum atomic E-state index is -1.01. The molecule has 0 saturated heterocycles. The van der Waals surface area contributed by atoms with Crippen LogP contribution in [0.1, 0.15) is 11.3 Å². The third kappa shape index (κ3) is 2.13. The summed E-state index contributed by atoms with van der Waals surface area (Å²) in [4.78, 5) is 11.9. The van der Waals surface area contributed by atoms with Crippen molar-refractivity contribution in [3.8, 4) is 17.2 Å². The zero-order valence-electron chi connectivity index (χ0n) is 10.4. The molecule has 0 saturated carbocycles. The number of nitrogens with zero attached hydrogens (tertiary/aromatic N) is 2. The minimum absolute atomic E-state index is 0.0842. The molecule has 3 nitrogen and oxygen atoms in total. The van der Waals surface area contributed by atoms with Crippen molar-refractivity contribution in [2.45, 2.75) is 6.92 Å². The van der Waals surface area contributed by atoms with Crippen molar-refractivity contribution in [3.63, 3.8) is 0 Å². The average Bonchev–Trinajstić information content (AvgIpc) is 2.39. The molecule has 0 radical (unpaired) electrons. The van der Waals surface area contributed by atoms with Gasteiger partial charge in [0.15, 0.2) is 11.6 Å². The monoisotopic (exact) mass is 260 g/mol. The zero-order valence-corrected chi connectivity index (χ0v) is 10.4. The van der Waals surface area contributed by atoms with Gasteiger partial charge in [-0.2, -0.15) is 5.26 Å². The molecule has 5 heteroatoms. The van der Waals surface area contributed by atoms with Gasteiger partial charge in [0, 0.05) is 18.3 Å². The molecule has 0 bridgehead atoms. The first-order valence-corrected chi connectivity index (χ1v) is 5.52. The fourth-order valence-electron chi connectivity index (χ4n) is 1.82. The molecule has 0 unspecified atom stereocenters. The number of aryl methyl sites for hydroxylation is 1. The van der Waals surface area contributed by atoms with E-state index in [1.165, 1.54) is 10.6 Å². The smallest absolute Gasteiger partial charge is 0.269 e. The van der Waals surface area contributed by atoms with Gasteiger partial charge < -0.3 is 4.57 Å². The van der Waals surface area contributed by atoms with Crippen molar-refractivity contribution in [3.05, 3.63) is 57.5 Å². The van der Waals surface area contributed by atoms with Crippen LogP contribution < -0.4 is 5.56 Å². The van der Waals surface area contributed by atoms with Gasteiger partial charge in [0.25, 0.3) is 5.56 Å². The normalized spacial score (nSPS) is 10.3. The molecule has 0 atom stereocenters. The number of nitriles is 1. The number of hydrogen-bond acceptors (Lipinski definition) is 2. The van der Waals surface area contributed by atoms with E-state index in [0.717, 1.165) is 12.1 Å². The summed E-state index contributed by atoms with van der Waals surface area (Å²) in [5, 5.41) is 9.07. The molecule has 1 aromatic heterocycles. The van der Waals surface area contributed by atoms with Gasteiger partial charge in [0.2, 0.25) is 0 Å². The van der Waals surface area contributed by atoms with Crippen LogP contribution >= 0.6 is 0 Å². The minimum Gasteiger partial charge on any atom is -0.315 e. The highest BCUT2D eigenvalue weighted by Crippen LogP contribution is 2.24. The van der Waals surface area contributed by atoms with Gasteiger partial charge in [-0.15, -0.1) is 0 Å². The van der Waals surface area contributed by atoms with E-state index < -0.39 is 17.2 Å². The molecule has 1 aromatic carbocycles. The van der Waals surface area contributed by atoms with Gasteiger partial charge in [-0.3, -0.25) is 4.79 Å². The Morgan fingerprint density at radius 1 is 1.21 bits per heavy atom. The van der Waals surface area contributed by atoms with Crippen molar-refractivity contribution in [1.82, 2.24) is 4.57 Å². The first-order valence-electron chi connectivity index (χ1n) is 5.52. The fraction of sp³-hybridized carbons (Fsp3) is 0.143. The summed E-state index contributed by atoms with van der Waals surface area (Å²) >= 11 is 0. The van der Waals surface area contributed by atoms with Gasteiger partial charge in [-0.1, -0.05) is 6.07 Å². The maximum absolute atomic E-state index is 13.2. The second kappa shape index (κ2) is 4.65. The average molecular weight is 260 g/mol. The Morgan fingerprint density at radius 3 is 2.47 bits per heavy atom. The Labute approximate surface area is 108 Å². The van der Waals surface area contributed by atoms with E-state index in [1.54, 1.807) is 20.0 Å². The molecule has 2 aromatic rings. The van der Waals surface area contributed by atoms with E-state index in [2.05, 4.69) is 0 Å². The maximum Gasteiger partial charge on any atom is 0.269 e. The standard InChI is InChI=1S/C14H10F2N2O/c1-8-5-10(11(7-17)14(19)18(8)2)9-3-4-12(15)13(16)6-9/h3-6H,1-2H3. The Balaban J connectivity index is 2.79. The highest BCUT2D eigenvalue weighted by atomic mass is 19.2. The second-order valence-corrected chi connectivity index (χ2v) is 4.18. The number of pyridine rings is 1. The molecule has 0 aliphatic carbocycles. The van der Waals surface area contributed by atoms with E-state index in [4.69, 9.17) is 5.26 Å². The van der Waals surface area contributed by atoms with E-state index in [-0.39, 0.29) is 5.56 Å². The second-order valence-electron chi connectivity index (χ2n) is 4.18. The Kier molecular flexibility index (Phi) is 3.17. The summed E-state index contributed by atoms with van der Waals surface area (Å²) in [5.41, 5.74) is 0.698. The van der Waals surface area contributed by atoms with E-state index in [1.807, 2.05) is 6.07 Å². The lowest BCUT2D eigenvalue weighted by Gasteiger charge is -2.09. The summed E-state index contributed by atoms with van der Waals surface area (Å²) in [5.74, 6) is -1.98. The fourth-order valence-corrected chi connectivity index (χ4v) is 1.82. The molecular weight excluding hydrogens is 250 g/mol. The Morgan fingerprint density at radius 2 is 1.89 bits per heavy atom. The van der Waals surface area contributed by atoms with Crippen LogP contribution in [0.3, 0.4) is 0 Å². The number of aromatic nitrogens is 1. The van der Waals surface area contributed by atoms with Crippen LogP contribution in [0.15, 0.2) is 29.1 Å². The Hall–Kier alpha value is -2.48. The predicted molar refractivity (Wildman–Crippen MR) is 66.5 cm³/mol. The van der Waals surface area contributed by atoms with Crippen molar-refractivity contribution >= 4 is 0 Å². The zero-order chi connectivity index (χ0) is 14.2. The molecule has 0 amide bonds. The number of halogens is 2. The predicted octanol–water partition coefficient (Wildman–Crippen LogP) is 2.51. The molecule has 0 spiro atoms. The highest BCUT2D eigenvalue weighted by Gasteiger charge is 2.14. The number of benzene rings is 1. The van der Waals surface area contributed by atoms with Crippen molar-refractivity contribution in [2.75, 3.05) is 0 Å². The van der Waals surface area contributed by atoms with Crippen LogP contribution in [0.5, 0.6) is 0 Å². The van der Waals surface area contributed by atoms with Gasteiger partial charge in [-0.25, -0.2) is 8.78 Å². The molecule has 1 heterocycles. The van der Waals surface area contributed by atoms with Crippen LogP contribution in [0, 0.1) is 29.9 Å². The summed E-state index contributed by atoms with van der Waals surface area (Å²) < 4.78 is 27.5. The molecule has 0 aliphatic rings. The SMILES string of the molecule is Cc1cc(-c2ccc(F)c(F)c2)c(C#N)c(=O)n1C. The van der Waals surface area contributed by atoms with Crippen LogP contribution in [-0.2, 0) is 7.05 Å². The summed E-state index contributed by atoms with van der Waals surface area (Å²) in [6, 6.07) is 6.71. The van der Waals surface area contributed by atoms with Crippen molar-refractivity contribution < 1.29 is 8.78 Å². The lowest BCUT2D eigenvalue weighted by atomic mass is 10.0. The van der Waals surface area contributed by atoms with Gasteiger partial charge >= 0.3 is 0 Å². The first kappa shape index (κ1) is 13.0. The molecule has 0 fully saturated rings. The molecular formula is C14H10F2N2O. The van der Waals surface area contributed by atoms with E-state index in [9.17, 15) is 13.6 Å². The first-order chi connectivity index (χ1) is 8.95. The largest absolute Gasteiger partial charge is 0.315 e. The topological polar surface area (TPSA) is 45.8 Å². The van der Waals surface area contributed by atoms with Crippen LogP contribution in [0.2, 0.25) is 0 Å². The van der Waals surface area contributed by atoms with Gasteiger partial charge in [-0.05, 0) is 30.7 Å². The van der Waals surface area contributed by atoms with Crippen molar-refractivity contribution in [1.29, 1.82) is 5.26 Å². The van der Waals surface area contributed by atoms with Crippen LogP contribution in [-0.4, -0.2) is 4.57 Å². The molecule has 2 rings (SSSR count). The van der Waals surface area contributed by atoms with Gasteiger partial charge in [0.1, 0.15) is 11.6 Å². The van der Waals surface area contributed by atoms with E-state index in [0.29, 0.717) is 16.8 Å². The maximum atomic E-state index is 13.2. The van der Waals surface area contributed by atoms with E-state index >= 15 is 0 Å². The summed E-state index contributed by atoms with van der Waals surface area (Å²) in [6.07, 6.45) is 0. The van der Waals surface area contributed by atoms with Crippen molar-refractivity contribution in [2.24, 2.45) is 7.05 Å². The molecule has 0 aliphatic heterocycles. The summed E-state index contributed by atoms with van der Waals surface area (Å²) in [6.45, 7) is 1.70. The third-order valence-electron chi connectivity index (χ3n) is 3.01.